The number of sulfonamides is 1. The highest BCUT2D eigenvalue weighted by atomic mass is 79.9. The molecule has 13 nitrogen and oxygen atoms in total. The maximum atomic E-state index is 11.3. The molecule has 1 atom stereocenters. The number of rotatable bonds is 21. The third-order valence-electron chi connectivity index (χ3n) is 8.17. The number of benzene rings is 2. The van der Waals surface area contributed by atoms with Crippen molar-refractivity contribution in [3.8, 4) is 34.6 Å². The van der Waals surface area contributed by atoms with E-state index in [0.29, 0.717) is 71.8 Å². The minimum atomic E-state index is -3.24. The first-order valence-corrected chi connectivity index (χ1v) is 21.7. The molecule has 4 N–H and O–H groups in total. The van der Waals surface area contributed by atoms with Crippen molar-refractivity contribution in [3.05, 3.63) is 90.9 Å². The molecule has 2 aromatic heterocycles. The lowest BCUT2D eigenvalue weighted by Gasteiger charge is -2.18. The second-order valence-electron chi connectivity index (χ2n) is 12.0. The van der Waals surface area contributed by atoms with Gasteiger partial charge in [0.25, 0.3) is 0 Å². The fourth-order valence-electron chi connectivity index (χ4n) is 5.41. The molecule has 53 heavy (non-hydrogen) atoms. The Morgan fingerprint density at radius 2 is 1.15 bits per heavy atom. The van der Waals surface area contributed by atoms with Crippen molar-refractivity contribution in [1.82, 2.24) is 30.0 Å². The van der Waals surface area contributed by atoms with Crippen molar-refractivity contribution in [2.24, 2.45) is 0 Å². The van der Waals surface area contributed by atoms with E-state index in [1.807, 2.05) is 36.4 Å². The first-order valence-electron chi connectivity index (χ1n) is 16.6. The van der Waals surface area contributed by atoms with Crippen LogP contribution in [0.1, 0.15) is 33.4 Å². The van der Waals surface area contributed by atoms with Crippen LogP contribution in [0.25, 0.3) is 11.1 Å². The lowest BCUT2D eigenvalue weighted by atomic mass is 9.92. The molecular weight excluding hydrogens is 852 g/mol. The van der Waals surface area contributed by atoms with Gasteiger partial charge in [0.2, 0.25) is 33.5 Å². The van der Waals surface area contributed by atoms with Crippen molar-refractivity contribution in [2.45, 2.75) is 40.2 Å². The summed E-state index contributed by atoms with van der Waals surface area (Å²) in [6.07, 6.45) is 2.73. The Hall–Kier alpha value is -3.16. The van der Waals surface area contributed by atoms with Gasteiger partial charge < -0.3 is 29.6 Å². The van der Waals surface area contributed by atoms with Crippen molar-refractivity contribution in [3.63, 3.8) is 0 Å². The van der Waals surface area contributed by atoms with Crippen LogP contribution < -0.4 is 39.0 Å². The van der Waals surface area contributed by atoms with Crippen LogP contribution in [0, 0.1) is 13.8 Å². The largest absolute Gasteiger partial charge is 0.481 e. The quantitative estimate of drug-likeness (QED) is 0.0827. The van der Waals surface area contributed by atoms with E-state index in [-0.39, 0.29) is 13.2 Å². The molecule has 288 valence electrons. The minimum absolute atomic E-state index is 0.274. The van der Waals surface area contributed by atoms with Crippen LogP contribution in [0.4, 0.5) is 0 Å². The zero-order valence-corrected chi connectivity index (χ0v) is 35.4. The van der Waals surface area contributed by atoms with Crippen molar-refractivity contribution >= 4 is 52.9 Å². The average Bonchev–Trinajstić information content (AvgIpc) is 3.11. The highest BCUT2D eigenvalue weighted by molar-refractivity contribution is 9.10. The molecule has 1 unspecified atom stereocenters. The SMILES string of the molecule is COc1nc(OCc2cccc(-c3cccc(COc4nc(OC)c(CNCCNS(C)(=O)=O)cc4Br)c3C)c2C)c(Br)cc1CNCCNS(C)=O. The van der Waals surface area contributed by atoms with Gasteiger partial charge in [-0.15, -0.1) is 0 Å². The number of halogens is 2. The van der Waals surface area contributed by atoms with Crippen LogP contribution in [0.3, 0.4) is 0 Å². The van der Waals surface area contributed by atoms with E-state index in [0.717, 1.165) is 50.8 Å². The van der Waals surface area contributed by atoms with E-state index in [4.69, 9.17) is 18.9 Å². The van der Waals surface area contributed by atoms with Gasteiger partial charge in [-0.3, -0.25) is 0 Å². The Morgan fingerprint density at radius 1 is 0.698 bits per heavy atom. The summed E-state index contributed by atoms with van der Waals surface area (Å²) in [5, 5.41) is 6.49. The van der Waals surface area contributed by atoms with Crippen LogP contribution in [0.15, 0.2) is 57.5 Å². The second kappa shape index (κ2) is 20.5. The molecule has 0 spiro atoms. The predicted octanol–water partition coefficient (Wildman–Crippen LogP) is 5.07. The van der Waals surface area contributed by atoms with Crippen LogP contribution in [-0.2, 0) is 47.3 Å². The summed E-state index contributed by atoms with van der Waals surface area (Å²) >= 11 is 7.19. The molecule has 0 aliphatic heterocycles. The van der Waals surface area contributed by atoms with E-state index < -0.39 is 21.0 Å². The number of aromatic nitrogens is 2. The van der Waals surface area contributed by atoms with Gasteiger partial charge >= 0.3 is 0 Å². The van der Waals surface area contributed by atoms with E-state index in [1.165, 1.54) is 0 Å². The van der Waals surface area contributed by atoms with Gasteiger partial charge in [0.1, 0.15) is 13.2 Å². The average molecular weight is 899 g/mol. The monoisotopic (exact) mass is 896 g/mol. The summed E-state index contributed by atoms with van der Waals surface area (Å²) < 4.78 is 64.0. The lowest BCUT2D eigenvalue weighted by Crippen LogP contribution is -2.30. The number of ether oxygens (including phenoxy) is 4. The molecule has 2 aromatic carbocycles. The smallest absolute Gasteiger partial charge is 0.231 e. The van der Waals surface area contributed by atoms with E-state index in [2.05, 4.69) is 87.9 Å². The van der Waals surface area contributed by atoms with E-state index in [9.17, 15) is 12.6 Å². The summed E-state index contributed by atoms with van der Waals surface area (Å²) in [6, 6.07) is 16.1. The Labute approximate surface area is 331 Å². The van der Waals surface area contributed by atoms with Crippen LogP contribution in [0.2, 0.25) is 0 Å². The number of methoxy groups -OCH3 is 2. The van der Waals surface area contributed by atoms with E-state index >= 15 is 0 Å². The van der Waals surface area contributed by atoms with Crippen LogP contribution in [-0.4, -0.2) is 75.5 Å². The maximum Gasteiger partial charge on any atom is 0.231 e. The van der Waals surface area contributed by atoms with Crippen molar-refractivity contribution in [1.29, 1.82) is 0 Å². The summed E-state index contributed by atoms with van der Waals surface area (Å²) in [7, 11) is -1.17. The van der Waals surface area contributed by atoms with Gasteiger partial charge in [0, 0.05) is 56.7 Å². The normalized spacial score (nSPS) is 12.1. The Bertz CT molecular complexity index is 2000. The Balaban J connectivity index is 1.43. The highest BCUT2D eigenvalue weighted by Crippen LogP contribution is 2.34. The molecule has 0 saturated heterocycles. The number of pyridine rings is 2. The number of nitrogens with zero attached hydrogens (tertiary/aromatic N) is 2. The fraction of sp³-hybridized carbons (Fsp3) is 0.389. The van der Waals surface area contributed by atoms with Crippen molar-refractivity contribution < 1.29 is 31.6 Å². The summed E-state index contributed by atoms with van der Waals surface area (Å²) in [5.74, 6) is 1.70. The number of hydrogen-bond donors (Lipinski definition) is 4. The number of hydrogen-bond acceptors (Lipinski definition) is 11. The molecule has 0 fully saturated rings. The van der Waals surface area contributed by atoms with Gasteiger partial charge in [-0.25, -0.2) is 22.1 Å². The molecule has 17 heteroatoms. The van der Waals surface area contributed by atoms with Gasteiger partial charge in [-0.05, 0) is 91.2 Å². The first kappa shape index (κ1) is 42.6. The van der Waals surface area contributed by atoms with Gasteiger partial charge in [0.05, 0.1) is 40.4 Å². The van der Waals surface area contributed by atoms with Gasteiger partial charge in [-0.1, -0.05) is 36.4 Å². The zero-order valence-electron chi connectivity index (χ0n) is 30.6. The fourth-order valence-corrected chi connectivity index (χ4v) is 7.23. The zero-order chi connectivity index (χ0) is 38.5. The Kier molecular flexibility index (Phi) is 16.5. The molecule has 2 heterocycles. The maximum absolute atomic E-state index is 11.3. The molecule has 4 rings (SSSR count). The molecule has 0 saturated carbocycles. The number of nitrogens with one attached hydrogen (secondary N) is 4. The van der Waals surface area contributed by atoms with Crippen molar-refractivity contribution in [2.75, 3.05) is 52.9 Å². The second-order valence-corrected chi connectivity index (χ2v) is 16.8. The molecule has 0 bridgehead atoms. The lowest BCUT2D eigenvalue weighted by molar-refractivity contribution is 0.283. The third-order valence-corrected chi connectivity index (χ3v) is 10.6. The van der Waals surface area contributed by atoms with Gasteiger partial charge in [0.15, 0.2) is 0 Å². The highest BCUT2D eigenvalue weighted by Gasteiger charge is 2.17. The molecule has 0 aliphatic rings. The molecule has 0 radical (unpaired) electrons. The minimum Gasteiger partial charge on any atom is -0.481 e. The molecule has 0 aliphatic carbocycles. The summed E-state index contributed by atoms with van der Waals surface area (Å²) in [6.45, 7) is 7.65. The van der Waals surface area contributed by atoms with Crippen LogP contribution in [0.5, 0.6) is 23.5 Å². The molecular formula is C36H46Br2N6O7S2. The molecule has 0 amide bonds. The predicted molar refractivity (Wildman–Crippen MR) is 215 cm³/mol. The third kappa shape index (κ3) is 12.7. The molecule has 4 aromatic rings. The topological polar surface area (TPSA) is 162 Å². The van der Waals surface area contributed by atoms with E-state index in [1.54, 1.807) is 20.5 Å². The summed E-state index contributed by atoms with van der Waals surface area (Å²) in [4.78, 5) is 9.20. The van der Waals surface area contributed by atoms with Crippen LogP contribution >= 0.6 is 31.9 Å². The standard InChI is InChI=1S/C36H46Br2N6O7S2/c1-23-25(21-50-35-31(37)17-27(33(43-35)48-3)19-39-13-15-41-52(5)45)9-7-11-29(23)30-12-8-10-26(24(30)2)22-51-36-32(38)18-28(34(44-36)49-4)20-40-14-16-42-53(6,46)47/h7-12,17-18,39-42H,13-16,19-22H2,1-6H3. The summed E-state index contributed by atoms with van der Waals surface area (Å²) in [5.41, 5.74) is 8.03. The van der Waals surface area contributed by atoms with Gasteiger partial charge in [-0.2, -0.15) is 9.97 Å². The first-order chi connectivity index (χ1) is 25.3. The Morgan fingerprint density at radius 3 is 1.57 bits per heavy atom.